The molecule has 0 aliphatic rings. The quantitative estimate of drug-likeness (QED) is 0.279. The summed E-state index contributed by atoms with van der Waals surface area (Å²) >= 11 is 0. The second-order valence-corrected chi connectivity index (χ2v) is 6.48. The van der Waals surface area contributed by atoms with E-state index < -0.39 is 52.6 Å². The van der Waals surface area contributed by atoms with Crippen molar-refractivity contribution in [2.75, 3.05) is 11.9 Å². The minimum absolute atomic E-state index is 0.155. The molecule has 170 valence electrons. The number of anilines is 1. The van der Waals surface area contributed by atoms with Gasteiger partial charge in [0.15, 0.2) is 18.5 Å². The molecule has 2 aromatic rings. The van der Waals surface area contributed by atoms with Crippen molar-refractivity contribution in [3.05, 3.63) is 63.7 Å². The van der Waals surface area contributed by atoms with Crippen molar-refractivity contribution in [1.29, 1.82) is 0 Å². The number of nitro benzene ring substituents is 1. The van der Waals surface area contributed by atoms with E-state index in [1.54, 1.807) is 0 Å². The summed E-state index contributed by atoms with van der Waals surface area (Å²) in [7, 11) is 0. The number of carbonyl (C=O) groups excluding carboxylic acids is 3. The molecule has 0 radical (unpaired) electrons. The minimum Gasteiger partial charge on any atom is -0.482 e. The van der Waals surface area contributed by atoms with Crippen LogP contribution in [0.1, 0.15) is 29.8 Å². The Bertz CT molecular complexity index is 1040. The van der Waals surface area contributed by atoms with Gasteiger partial charge < -0.3 is 14.8 Å². The van der Waals surface area contributed by atoms with Gasteiger partial charge in [-0.2, -0.15) is 13.2 Å². The van der Waals surface area contributed by atoms with Crippen molar-refractivity contribution in [3.63, 3.8) is 0 Å². The Labute approximate surface area is 179 Å². The van der Waals surface area contributed by atoms with E-state index in [1.165, 1.54) is 31.2 Å². The first-order chi connectivity index (χ1) is 14.9. The number of nitrogens with zero attached hydrogens (tertiary/aromatic N) is 1. The highest BCUT2D eigenvalue weighted by Gasteiger charge is 2.36. The highest BCUT2D eigenvalue weighted by atomic mass is 19.4. The van der Waals surface area contributed by atoms with Gasteiger partial charge in [-0.15, -0.1) is 0 Å². The number of ketones is 1. The predicted molar refractivity (Wildman–Crippen MR) is 104 cm³/mol. The zero-order valence-electron chi connectivity index (χ0n) is 16.8. The molecule has 1 atom stereocenters. The molecule has 0 spiro atoms. The SMILES string of the molecule is CC(=O)c1ccc(OCC(=O)OC(C)C(=O)Nc2ccc([N+](=O)[O-])cc2C(F)(F)F)cc1. The molecule has 0 saturated carbocycles. The molecule has 0 aliphatic carbocycles. The third-order valence-electron chi connectivity index (χ3n) is 4.07. The third kappa shape index (κ3) is 6.52. The van der Waals surface area contributed by atoms with Crippen LogP contribution in [0.15, 0.2) is 42.5 Å². The molecular weight excluding hydrogens is 437 g/mol. The summed E-state index contributed by atoms with van der Waals surface area (Å²) < 4.78 is 49.6. The number of halogens is 3. The lowest BCUT2D eigenvalue weighted by Gasteiger charge is -2.17. The molecule has 1 amide bonds. The molecule has 32 heavy (non-hydrogen) atoms. The number of non-ortho nitro benzene ring substituents is 1. The topological polar surface area (TPSA) is 125 Å². The summed E-state index contributed by atoms with van der Waals surface area (Å²) in [4.78, 5) is 45.0. The molecule has 0 heterocycles. The van der Waals surface area contributed by atoms with Crippen molar-refractivity contribution < 1.29 is 42.0 Å². The van der Waals surface area contributed by atoms with Crippen LogP contribution in [0.2, 0.25) is 0 Å². The number of nitrogens with one attached hydrogen (secondary N) is 1. The van der Waals surface area contributed by atoms with E-state index in [-0.39, 0.29) is 17.6 Å². The summed E-state index contributed by atoms with van der Waals surface area (Å²) in [6.07, 6.45) is -6.46. The fourth-order valence-corrected chi connectivity index (χ4v) is 2.44. The molecule has 0 saturated heterocycles. The van der Waals surface area contributed by atoms with Gasteiger partial charge in [0.25, 0.3) is 11.6 Å². The first-order valence-electron chi connectivity index (χ1n) is 8.98. The average Bonchev–Trinajstić information content (AvgIpc) is 2.71. The van der Waals surface area contributed by atoms with E-state index in [1.807, 2.05) is 5.32 Å². The molecule has 0 aliphatic heterocycles. The average molecular weight is 454 g/mol. The monoisotopic (exact) mass is 454 g/mol. The summed E-state index contributed by atoms with van der Waals surface area (Å²) in [6, 6.07) is 7.70. The van der Waals surface area contributed by atoms with Gasteiger partial charge in [-0.05, 0) is 44.2 Å². The van der Waals surface area contributed by atoms with Gasteiger partial charge in [0.2, 0.25) is 0 Å². The maximum atomic E-state index is 13.2. The highest BCUT2D eigenvalue weighted by Crippen LogP contribution is 2.37. The Morgan fingerprint density at radius 1 is 1.12 bits per heavy atom. The molecule has 2 aromatic carbocycles. The summed E-state index contributed by atoms with van der Waals surface area (Å²) in [6.45, 7) is 1.92. The third-order valence-corrected chi connectivity index (χ3v) is 4.07. The Kier molecular flexibility index (Phi) is 7.52. The number of nitro groups is 1. The van der Waals surface area contributed by atoms with Gasteiger partial charge >= 0.3 is 12.1 Å². The van der Waals surface area contributed by atoms with Crippen molar-refractivity contribution >= 4 is 29.0 Å². The van der Waals surface area contributed by atoms with Crippen LogP contribution in [0.4, 0.5) is 24.5 Å². The van der Waals surface area contributed by atoms with Gasteiger partial charge in [-0.25, -0.2) is 4.79 Å². The Balaban J connectivity index is 1.98. The lowest BCUT2D eigenvalue weighted by atomic mass is 10.1. The number of Topliss-reactive ketones (excluding diaryl/α,β-unsaturated/α-hetero) is 1. The van der Waals surface area contributed by atoms with E-state index in [0.29, 0.717) is 5.56 Å². The van der Waals surface area contributed by atoms with Crippen LogP contribution in [-0.2, 0) is 20.5 Å². The number of hydrogen-bond acceptors (Lipinski definition) is 7. The van der Waals surface area contributed by atoms with Gasteiger partial charge in [0, 0.05) is 17.7 Å². The van der Waals surface area contributed by atoms with Crippen LogP contribution in [0, 0.1) is 10.1 Å². The fraction of sp³-hybridized carbons (Fsp3) is 0.250. The number of esters is 1. The summed E-state index contributed by atoms with van der Waals surface area (Å²) in [5, 5.41) is 12.7. The standard InChI is InChI=1S/C20H17F3N2O7/c1-11(26)13-3-6-15(7-4-13)31-10-18(27)32-12(2)19(28)24-17-8-5-14(25(29)30)9-16(17)20(21,22)23/h3-9,12H,10H2,1-2H3,(H,24,28). The van der Waals surface area contributed by atoms with Gasteiger partial charge in [-0.1, -0.05) is 0 Å². The number of rotatable bonds is 8. The van der Waals surface area contributed by atoms with E-state index in [2.05, 4.69) is 0 Å². The lowest BCUT2D eigenvalue weighted by Crippen LogP contribution is -2.32. The number of carbonyl (C=O) groups is 3. The predicted octanol–water partition coefficient (Wildman–Crippen LogP) is 3.77. The summed E-state index contributed by atoms with van der Waals surface area (Å²) in [5.74, 6) is -1.95. The largest absolute Gasteiger partial charge is 0.482 e. The molecule has 2 rings (SSSR count). The van der Waals surface area contributed by atoms with Crippen LogP contribution in [0.3, 0.4) is 0 Å². The van der Waals surface area contributed by atoms with E-state index in [9.17, 15) is 37.7 Å². The van der Waals surface area contributed by atoms with E-state index >= 15 is 0 Å². The minimum atomic E-state index is -4.97. The zero-order chi connectivity index (χ0) is 24.1. The molecular formula is C20H17F3N2O7. The molecule has 0 fully saturated rings. The van der Waals surface area contributed by atoms with Crippen molar-refractivity contribution in [3.8, 4) is 5.75 Å². The second-order valence-electron chi connectivity index (χ2n) is 6.48. The van der Waals surface area contributed by atoms with E-state index in [0.717, 1.165) is 19.1 Å². The maximum absolute atomic E-state index is 13.2. The molecule has 9 nitrogen and oxygen atoms in total. The molecule has 12 heteroatoms. The van der Waals surface area contributed by atoms with Crippen LogP contribution in [-0.4, -0.2) is 35.3 Å². The fourth-order valence-electron chi connectivity index (χ4n) is 2.44. The number of alkyl halides is 3. The molecule has 0 bridgehead atoms. The van der Waals surface area contributed by atoms with Crippen LogP contribution in [0.25, 0.3) is 0 Å². The van der Waals surface area contributed by atoms with Crippen LogP contribution in [0.5, 0.6) is 5.75 Å². The number of benzene rings is 2. The second kappa shape index (κ2) is 9.90. The summed E-state index contributed by atoms with van der Waals surface area (Å²) in [5.41, 5.74) is -2.51. The van der Waals surface area contributed by atoms with Crippen molar-refractivity contribution in [2.45, 2.75) is 26.1 Å². The maximum Gasteiger partial charge on any atom is 0.418 e. The van der Waals surface area contributed by atoms with E-state index in [4.69, 9.17) is 9.47 Å². The van der Waals surface area contributed by atoms with Gasteiger partial charge in [-0.3, -0.25) is 19.7 Å². The smallest absolute Gasteiger partial charge is 0.418 e. The van der Waals surface area contributed by atoms with Crippen LogP contribution < -0.4 is 10.1 Å². The molecule has 1 N–H and O–H groups in total. The Morgan fingerprint density at radius 2 is 1.75 bits per heavy atom. The van der Waals surface area contributed by atoms with Crippen molar-refractivity contribution in [2.24, 2.45) is 0 Å². The normalized spacial score (nSPS) is 11.9. The Hall–Kier alpha value is -3.96. The van der Waals surface area contributed by atoms with Crippen LogP contribution >= 0.6 is 0 Å². The number of amides is 1. The van der Waals surface area contributed by atoms with Gasteiger partial charge in [0.05, 0.1) is 16.2 Å². The number of hydrogen-bond donors (Lipinski definition) is 1. The molecule has 0 aromatic heterocycles. The highest BCUT2D eigenvalue weighted by molar-refractivity contribution is 5.96. The van der Waals surface area contributed by atoms with Crippen molar-refractivity contribution in [1.82, 2.24) is 0 Å². The number of ether oxygens (including phenoxy) is 2. The first-order valence-corrected chi connectivity index (χ1v) is 8.98. The van der Waals surface area contributed by atoms with Gasteiger partial charge in [0.1, 0.15) is 5.75 Å². The zero-order valence-corrected chi connectivity index (χ0v) is 16.8. The lowest BCUT2D eigenvalue weighted by molar-refractivity contribution is -0.385. The molecule has 1 unspecified atom stereocenters. The Morgan fingerprint density at radius 3 is 2.28 bits per heavy atom. The first kappa shape index (κ1) is 24.3.